The molecule has 1 fully saturated rings. The lowest BCUT2D eigenvalue weighted by molar-refractivity contribution is -0.133. The minimum absolute atomic E-state index is 0.138. The lowest BCUT2D eigenvalue weighted by Gasteiger charge is -2.48. The Labute approximate surface area is 124 Å². The van der Waals surface area contributed by atoms with Crippen LogP contribution in [0.1, 0.15) is 33.3 Å². The van der Waals surface area contributed by atoms with Crippen molar-refractivity contribution in [3.05, 3.63) is 28.2 Å². The quantitative estimate of drug-likeness (QED) is 0.906. The van der Waals surface area contributed by atoms with Crippen molar-refractivity contribution in [2.45, 2.75) is 45.4 Å². The highest BCUT2D eigenvalue weighted by Gasteiger charge is 2.38. The summed E-state index contributed by atoms with van der Waals surface area (Å²) in [5, 5.41) is 0. The molecule has 0 saturated carbocycles. The molecule has 1 heterocycles. The Balaban J connectivity index is 2.28. The van der Waals surface area contributed by atoms with Crippen molar-refractivity contribution < 1.29 is 4.74 Å². The number of nitrogens with zero attached hydrogens (tertiary/aromatic N) is 1. The summed E-state index contributed by atoms with van der Waals surface area (Å²) in [4.78, 5) is 2.38. The molecular formula is C15H23BrN2O. The van der Waals surface area contributed by atoms with Crippen molar-refractivity contribution in [3.8, 4) is 0 Å². The number of anilines is 1. The van der Waals surface area contributed by atoms with E-state index in [1.54, 1.807) is 0 Å². The molecule has 0 bridgehead atoms. The second kappa shape index (κ2) is 5.08. The highest BCUT2D eigenvalue weighted by molar-refractivity contribution is 9.10. The topological polar surface area (TPSA) is 38.5 Å². The molecule has 1 aliphatic heterocycles. The van der Waals surface area contributed by atoms with E-state index in [0.29, 0.717) is 6.54 Å². The molecule has 1 saturated heterocycles. The van der Waals surface area contributed by atoms with Gasteiger partial charge in [0, 0.05) is 29.8 Å². The molecule has 0 amide bonds. The molecule has 2 rings (SSSR count). The predicted molar refractivity (Wildman–Crippen MR) is 83.5 cm³/mol. The highest BCUT2D eigenvalue weighted by atomic mass is 79.9. The third kappa shape index (κ3) is 3.50. The number of rotatable bonds is 2. The largest absolute Gasteiger partial charge is 0.366 e. The Kier molecular flexibility index (Phi) is 3.96. The first kappa shape index (κ1) is 14.8. The summed E-state index contributed by atoms with van der Waals surface area (Å²) in [6.07, 6.45) is 0. The molecule has 1 aromatic rings. The zero-order valence-corrected chi connectivity index (χ0v) is 13.8. The molecule has 1 aromatic carbocycles. The van der Waals surface area contributed by atoms with Crippen LogP contribution in [0.25, 0.3) is 0 Å². The van der Waals surface area contributed by atoms with Gasteiger partial charge < -0.3 is 15.4 Å². The summed E-state index contributed by atoms with van der Waals surface area (Å²) < 4.78 is 7.19. The van der Waals surface area contributed by atoms with Crippen LogP contribution in [0.4, 0.5) is 5.69 Å². The Morgan fingerprint density at radius 3 is 2.26 bits per heavy atom. The van der Waals surface area contributed by atoms with Crippen molar-refractivity contribution in [1.82, 2.24) is 0 Å². The maximum absolute atomic E-state index is 6.11. The van der Waals surface area contributed by atoms with E-state index in [9.17, 15) is 0 Å². The van der Waals surface area contributed by atoms with Gasteiger partial charge in [-0.3, -0.25) is 0 Å². The van der Waals surface area contributed by atoms with Gasteiger partial charge in [0.15, 0.2) is 0 Å². The normalized spacial score (nSPS) is 21.5. The van der Waals surface area contributed by atoms with Crippen LogP contribution in [0, 0.1) is 0 Å². The Morgan fingerprint density at radius 1 is 1.21 bits per heavy atom. The zero-order chi connectivity index (χ0) is 14.3. The fourth-order valence-electron chi connectivity index (χ4n) is 2.87. The lowest BCUT2D eigenvalue weighted by Crippen LogP contribution is -2.57. The molecule has 0 aliphatic carbocycles. The van der Waals surface area contributed by atoms with Gasteiger partial charge in [0.05, 0.1) is 11.2 Å². The molecule has 106 valence electrons. The molecule has 0 atom stereocenters. The predicted octanol–water partition coefficient (Wildman–Crippen LogP) is 3.30. The van der Waals surface area contributed by atoms with Gasteiger partial charge in [0.25, 0.3) is 0 Å². The average molecular weight is 327 g/mol. The first-order valence-corrected chi connectivity index (χ1v) is 7.45. The Morgan fingerprint density at radius 2 is 1.79 bits per heavy atom. The number of morpholine rings is 1. The Hall–Kier alpha value is -0.580. The molecule has 0 aromatic heterocycles. The van der Waals surface area contributed by atoms with Gasteiger partial charge >= 0.3 is 0 Å². The van der Waals surface area contributed by atoms with Crippen LogP contribution >= 0.6 is 15.9 Å². The van der Waals surface area contributed by atoms with Crippen molar-refractivity contribution in [3.63, 3.8) is 0 Å². The molecule has 4 heteroatoms. The van der Waals surface area contributed by atoms with Crippen LogP contribution in [0.15, 0.2) is 22.7 Å². The van der Waals surface area contributed by atoms with Crippen LogP contribution in [-0.4, -0.2) is 24.3 Å². The summed E-state index contributed by atoms with van der Waals surface area (Å²) in [5.41, 5.74) is 7.78. The molecule has 3 nitrogen and oxygen atoms in total. The molecule has 0 radical (unpaired) electrons. The number of benzene rings is 1. The first-order chi connectivity index (χ1) is 8.72. The monoisotopic (exact) mass is 326 g/mol. The molecule has 0 spiro atoms. The van der Waals surface area contributed by atoms with E-state index in [2.05, 4.69) is 66.7 Å². The SMILES string of the molecule is CC1(C)CN(c2ccc(CN)c(Br)c2)CC(C)(C)O1. The first-order valence-electron chi connectivity index (χ1n) is 6.66. The number of ether oxygens (including phenoxy) is 1. The summed E-state index contributed by atoms with van der Waals surface area (Å²) in [6.45, 7) is 10.9. The van der Waals surface area contributed by atoms with E-state index in [1.165, 1.54) is 5.69 Å². The van der Waals surface area contributed by atoms with Gasteiger partial charge in [0.1, 0.15) is 0 Å². The van der Waals surface area contributed by atoms with Crippen LogP contribution < -0.4 is 10.6 Å². The number of halogens is 1. The van der Waals surface area contributed by atoms with Gasteiger partial charge in [0.2, 0.25) is 0 Å². The molecule has 0 unspecified atom stereocenters. The summed E-state index contributed by atoms with van der Waals surface area (Å²) >= 11 is 3.59. The van der Waals surface area contributed by atoms with E-state index in [1.807, 2.05) is 0 Å². The van der Waals surface area contributed by atoms with Crippen molar-refractivity contribution in [2.24, 2.45) is 5.73 Å². The molecule has 1 aliphatic rings. The van der Waals surface area contributed by atoms with Crippen molar-refractivity contribution in [2.75, 3.05) is 18.0 Å². The second-order valence-electron chi connectivity index (χ2n) is 6.46. The molecule has 19 heavy (non-hydrogen) atoms. The summed E-state index contributed by atoms with van der Waals surface area (Å²) in [7, 11) is 0. The molecule has 2 N–H and O–H groups in total. The summed E-state index contributed by atoms with van der Waals surface area (Å²) in [5.74, 6) is 0. The van der Waals surface area contributed by atoms with Gasteiger partial charge in [-0.15, -0.1) is 0 Å². The van der Waals surface area contributed by atoms with Gasteiger partial charge in [-0.05, 0) is 45.4 Å². The van der Waals surface area contributed by atoms with Crippen LogP contribution in [0.5, 0.6) is 0 Å². The smallest absolute Gasteiger partial charge is 0.0808 e. The fraction of sp³-hybridized carbons (Fsp3) is 0.600. The zero-order valence-electron chi connectivity index (χ0n) is 12.2. The number of hydrogen-bond donors (Lipinski definition) is 1. The van der Waals surface area contributed by atoms with Gasteiger partial charge in [-0.2, -0.15) is 0 Å². The van der Waals surface area contributed by atoms with E-state index in [0.717, 1.165) is 23.1 Å². The van der Waals surface area contributed by atoms with Crippen LogP contribution in [0.3, 0.4) is 0 Å². The number of hydrogen-bond acceptors (Lipinski definition) is 3. The summed E-state index contributed by atoms with van der Waals surface area (Å²) in [6, 6.07) is 6.39. The minimum Gasteiger partial charge on any atom is -0.366 e. The Bertz CT molecular complexity index is 455. The fourth-order valence-corrected chi connectivity index (χ4v) is 3.40. The standard InChI is InChI=1S/C15H23BrN2O/c1-14(2)9-18(10-15(3,4)19-14)12-6-5-11(8-17)13(16)7-12/h5-7H,8-10,17H2,1-4H3. The van der Waals surface area contributed by atoms with Gasteiger partial charge in [-0.1, -0.05) is 22.0 Å². The lowest BCUT2D eigenvalue weighted by atomic mass is 9.98. The van der Waals surface area contributed by atoms with Crippen LogP contribution in [-0.2, 0) is 11.3 Å². The van der Waals surface area contributed by atoms with E-state index < -0.39 is 0 Å². The average Bonchev–Trinajstić information content (AvgIpc) is 2.24. The van der Waals surface area contributed by atoms with Crippen molar-refractivity contribution in [1.29, 1.82) is 0 Å². The maximum Gasteiger partial charge on any atom is 0.0808 e. The van der Waals surface area contributed by atoms with E-state index >= 15 is 0 Å². The third-order valence-electron chi connectivity index (χ3n) is 3.32. The van der Waals surface area contributed by atoms with Gasteiger partial charge in [-0.25, -0.2) is 0 Å². The highest BCUT2D eigenvalue weighted by Crippen LogP contribution is 2.33. The second-order valence-corrected chi connectivity index (χ2v) is 7.31. The minimum atomic E-state index is -0.138. The van der Waals surface area contributed by atoms with E-state index in [4.69, 9.17) is 10.5 Å². The maximum atomic E-state index is 6.11. The van der Waals surface area contributed by atoms with Crippen molar-refractivity contribution >= 4 is 21.6 Å². The third-order valence-corrected chi connectivity index (χ3v) is 4.06. The molecular weight excluding hydrogens is 304 g/mol. The number of nitrogens with two attached hydrogens (primary N) is 1. The van der Waals surface area contributed by atoms with E-state index in [-0.39, 0.29) is 11.2 Å². The van der Waals surface area contributed by atoms with Crippen LogP contribution in [0.2, 0.25) is 0 Å².